The minimum Gasteiger partial charge on any atom is -0.479 e. The third-order valence-electron chi connectivity index (χ3n) is 4.11. The van der Waals surface area contributed by atoms with Gasteiger partial charge in [-0.15, -0.1) is 0 Å². The van der Waals surface area contributed by atoms with E-state index < -0.39 is 6.10 Å². The van der Waals surface area contributed by atoms with Crippen molar-refractivity contribution in [2.24, 2.45) is 0 Å². The van der Waals surface area contributed by atoms with Gasteiger partial charge in [0.2, 0.25) is 11.8 Å². The fraction of sp³-hybridized carbons (Fsp3) is 0.250. The highest BCUT2D eigenvalue weighted by Crippen LogP contribution is 2.34. The summed E-state index contributed by atoms with van der Waals surface area (Å²) in [5, 5.41) is 5.42. The van der Waals surface area contributed by atoms with Gasteiger partial charge < -0.3 is 15.4 Å². The zero-order valence-corrected chi connectivity index (χ0v) is 15.4. The second-order valence-electron chi connectivity index (χ2n) is 6.46. The molecule has 2 aromatic rings. The van der Waals surface area contributed by atoms with E-state index >= 15 is 0 Å². The summed E-state index contributed by atoms with van der Waals surface area (Å²) in [6, 6.07) is 12.3. The zero-order valence-electron chi connectivity index (χ0n) is 15.4. The number of anilines is 3. The molecule has 0 radical (unpaired) electrons. The molecule has 0 bridgehead atoms. The molecule has 1 heterocycles. The molecule has 1 aliphatic rings. The van der Waals surface area contributed by atoms with Crippen LogP contribution in [0.25, 0.3) is 0 Å². The van der Waals surface area contributed by atoms with Gasteiger partial charge in [-0.2, -0.15) is 0 Å². The van der Waals surface area contributed by atoms with Crippen LogP contribution in [0.4, 0.5) is 17.1 Å². The molecule has 3 rings (SSSR count). The summed E-state index contributed by atoms with van der Waals surface area (Å²) in [5.74, 6) is -0.165. The first-order valence-corrected chi connectivity index (χ1v) is 8.59. The fourth-order valence-electron chi connectivity index (χ4n) is 2.86. The van der Waals surface area contributed by atoms with E-state index in [4.69, 9.17) is 4.74 Å². The van der Waals surface area contributed by atoms with E-state index in [1.54, 1.807) is 37.3 Å². The van der Waals surface area contributed by atoms with Gasteiger partial charge in [-0.25, -0.2) is 0 Å². The molecule has 140 valence electrons. The van der Waals surface area contributed by atoms with Crippen LogP contribution in [0.15, 0.2) is 42.5 Å². The van der Waals surface area contributed by atoms with Crippen LogP contribution in [-0.2, 0) is 14.4 Å². The second-order valence-corrected chi connectivity index (χ2v) is 6.46. The number of carbonyl (C=O) groups is 3. The highest BCUT2D eigenvalue weighted by Gasteiger charge is 2.32. The SMILES string of the molecule is CC(=O)Nc1ccc(NC(=O)CN2C(=O)C(C)Oc3ccc(C)cc32)cc1. The molecule has 7 heteroatoms. The number of ether oxygens (including phenoxy) is 1. The van der Waals surface area contributed by atoms with E-state index in [0.717, 1.165) is 5.56 Å². The van der Waals surface area contributed by atoms with Crippen LogP contribution in [0, 0.1) is 6.92 Å². The van der Waals surface area contributed by atoms with Crippen molar-refractivity contribution in [3.8, 4) is 5.75 Å². The number of hydrogen-bond acceptors (Lipinski definition) is 4. The molecule has 0 aliphatic carbocycles. The average Bonchev–Trinajstić information content (AvgIpc) is 2.61. The third kappa shape index (κ3) is 4.25. The van der Waals surface area contributed by atoms with Crippen LogP contribution in [0.2, 0.25) is 0 Å². The molecule has 7 nitrogen and oxygen atoms in total. The van der Waals surface area contributed by atoms with Crippen molar-refractivity contribution >= 4 is 34.8 Å². The first-order chi connectivity index (χ1) is 12.8. The van der Waals surface area contributed by atoms with E-state index in [-0.39, 0.29) is 24.3 Å². The van der Waals surface area contributed by atoms with Gasteiger partial charge >= 0.3 is 0 Å². The van der Waals surface area contributed by atoms with Crippen LogP contribution >= 0.6 is 0 Å². The van der Waals surface area contributed by atoms with Crippen molar-refractivity contribution in [3.63, 3.8) is 0 Å². The number of benzene rings is 2. The Morgan fingerprint density at radius 3 is 2.33 bits per heavy atom. The van der Waals surface area contributed by atoms with Gasteiger partial charge in [-0.1, -0.05) is 6.07 Å². The number of aryl methyl sites for hydroxylation is 1. The average molecular weight is 367 g/mol. The maximum Gasteiger partial charge on any atom is 0.268 e. The number of nitrogens with one attached hydrogen (secondary N) is 2. The molecular formula is C20H21N3O4. The van der Waals surface area contributed by atoms with Crippen molar-refractivity contribution in [2.75, 3.05) is 22.1 Å². The van der Waals surface area contributed by atoms with Gasteiger partial charge in [0, 0.05) is 18.3 Å². The molecule has 0 saturated heterocycles. The summed E-state index contributed by atoms with van der Waals surface area (Å²) in [5.41, 5.74) is 2.78. The molecule has 27 heavy (non-hydrogen) atoms. The number of amides is 3. The Morgan fingerprint density at radius 2 is 1.70 bits per heavy atom. The summed E-state index contributed by atoms with van der Waals surface area (Å²) in [6.07, 6.45) is -0.648. The summed E-state index contributed by atoms with van der Waals surface area (Å²) < 4.78 is 5.62. The van der Waals surface area contributed by atoms with Crippen LogP contribution in [0.5, 0.6) is 5.75 Å². The highest BCUT2D eigenvalue weighted by molar-refractivity contribution is 6.06. The molecular weight excluding hydrogens is 346 g/mol. The molecule has 3 amide bonds. The summed E-state index contributed by atoms with van der Waals surface area (Å²) in [7, 11) is 0. The van der Waals surface area contributed by atoms with Crippen molar-refractivity contribution in [1.82, 2.24) is 0 Å². The molecule has 1 unspecified atom stereocenters. The van der Waals surface area contributed by atoms with E-state index in [0.29, 0.717) is 22.8 Å². The molecule has 0 spiro atoms. The first kappa shape index (κ1) is 18.4. The van der Waals surface area contributed by atoms with Crippen LogP contribution < -0.4 is 20.3 Å². The van der Waals surface area contributed by atoms with E-state index in [1.807, 2.05) is 19.1 Å². The number of rotatable bonds is 4. The maximum atomic E-state index is 12.5. The molecule has 0 fully saturated rings. The monoisotopic (exact) mass is 367 g/mol. The standard InChI is InChI=1S/C20H21N3O4/c1-12-4-9-18-17(10-12)23(20(26)13(2)27-18)11-19(25)22-16-7-5-15(6-8-16)21-14(3)24/h4-10,13H,11H2,1-3H3,(H,21,24)(H,22,25). The lowest BCUT2D eigenvalue weighted by molar-refractivity contribution is -0.127. The molecule has 0 aromatic heterocycles. The predicted molar refractivity (Wildman–Crippen MR) is 103 cm³/mol. The summed E-state index contributed by atoms with van der Waals surface area (Å²) in [6.45, 7) is 4.89. The Kier molecular flexibility index (Phi) is 5.12. The number of carbonyl (C=O) groups excluding carboxylic acids is 3. The molecule has 0 saturated carbocycles. The minimum atomic E-state index is -0.648. The van der Waals surface area contributed by atoms with Crippen LogP contribution in [0.1, 0.15) is 19.4 Å². The summed E-state index contributed by atoms with van der Waals surface area (Å²) in [4.78, 5) is 37.5. The number of hydrogen-bond donors (Lipinski definition) is 2. The predicted octanol–water partition coefficient (Wildman–Crippen LogP) is 2.71. The largest absolute Gasteiger partial charge is 0.479 e. The fourth-order valence-corrected chi connectivity index (χ4v) is 2.86. The maximum absolute atomic E-state index is 12.5. The topological polar surface area (TPSA) is 87.7 Å². The van der Waals surface area contributed by atoms with E-state index in [9.17, 15) is 14.4 Å². The highest BCUT2D eigenvalue weighted by atomic mass is 16.5. The quantitative estimate of drug-likeness (QED) is 0.870. The second kappa shape index (κ2) is 7.49. The smallest absolute Gasteiger partial charge is 0.268 e. The van der Waals surface area contributed by atoms with Gasteiger partial charge in [-0.05, 0) is 55.8 Å². The molecule has 2 N–H and O–H groups in total. The van der Waals surface area contributed by atoms with Crippen molar-refractivity contribution in [3.05, 3.63) is 48.0 Å². The lowest BCUT2D eigenvalue weighted by atomic mass is 10.1. The summed E-state index contributed by atoms with van der Waals surface area (Å²) >= 11 is 0. The Morgan fingerprint density at radius 1 is 1.07 bits per heavy atom. The molecule has 1 atom stereocenters. The zero-order chi connectivity index (χ0) is 19.6. The molecule has 1 aliphatic heterocycles. The molecule has 2 aromatic carbocycles. The lowest BCUT2D eigenvalue weighted by Gasteiger charge is -2.32. The van der Waals surface area contributed by atoms with Gasteiger partial charge in [0.25, 0.3) is 5.91 Å². The Bertz CT molecular complexity index is 893. The van der Waals surface area contributed by atoms with Crippen molar-refractivity contribution in [2.45, 2.75) is 26.9 Å². The number of nitrogens with zero attached hydrogens (tertiary/aromatic N) is 1. The van der Waals surface area contributed by atoms with E-state index in [2.05, 4.69) is 10.6 Å². The van der Waals surface area contributed by atoms with Crippen molar-refractivity contribution < 1.29 is 19.1 Å². The number of fused-ring (bicyclic) bond motifs is 1. The van der Waals surface area contributed by atoms with Gasteiger partial charge in [-0.3, -0.25) is 19.3 Å². The Balaban J connectivity index is 1.73. The van der Waals surface area contributed by atoms with Gasteiger partial charge in [0.15, 0.2) is 6.10 Å². The van der Waals surface area contributed by atoms with Crippen LogP contribution in [0.3, 0.4) is 0 Å². The lowest BCUT2D eigenvalue weighted by Crippen LogP contribution is -2.47. The van der Waals surface area contributed by atoms with E-state index in [1.165, 1.54) is 11.8 Å². The third-order valence-corrected chi connectivity index (χ3v) is 4.11. The normalized spacial score (nSPS) is 15.6. The Labute approximate surface area is 157 Å². The van der Waals surface area contributed by atoms with Gasteiger partial charge in [0.1, 0.15) is 12.3 Å². The Hall–Kier alpha value is -3.35. The van der Waals surface area contributed by atoms with Crippen LogP contribution in [-0.4, -0.2) is 30.4 Å². The van der Waals surface area contributed by atoms with Crippen molar-refractivity contribution in [1.29, 1.82) is 0 Å². The van der Waals surface area contributed by atoms with Gasteiger partial charge in [0.05, 0.1) is 5.69 Å². The first-order valence-electron chi connectivity index (χ1n) is 8.59. The minimum absolute atomic E-state index is 0.115.